The summed E-state index contributed by atoms with van der Waals surface area (Å²) >= 11 is 1.70. The van der Waals surface area contributed by atoms with Gasteiger partial charge in [0.25, 0.3) is 0 Å². The molecule has 0 N–H and O–H groups in total. The molecule has 0 radical (unpaired) electrons. The van der Waals surface area contributed by atoms with Crippen LogP contribution in [0, 0.1) is 0 Å². The average molecular weight is 292 g/mol. The summed E-state index contributed by atoms with van der Waals surface area (Å²) in [5, 5.41) is 4.23. The van der Waals surface area contributed by atoms with Gasteiger partial charge in [0.1, 0.15) is 12.4 Å². The molecule has 0 aliphatic heterocycles. The van der Waals surface area contributed by atoms with Gasteiger partial charge in [0.15, 0.2) is 0 Å². The Labute approximate surface area is 129 Å². The van der Waals surface area contributed by atoms with Gasteiger partial charge in [-0.1, -0.05) is 49.1 Å². The molecule has 1 aromatic heterocycles. The van der Waals surface area contributed by atoms with E-state index in [1.165, 1.54) is 16.7 Å². The van der Waals surface area contributed by atoms with E-state index in [0.29, 0.717) is 6.61 Å². The summed E-state index contributed by atoms with van der Waals surface area (Å²) in [5.41, 5.74) is 4.68. The number of rotatable bonds is 5. The van der Waals surface area contributed by atoms with Crippen molar-refractivity contribution in [3.05, 3.63) is 83.1 Å². The van der Waals surface area contributed by atoms with E-state index in [0.717, 1.165) is 11.3 Å². The topological polar surface area (TPSA) is 9.23 Å². The summed E-state index contributed by atoms with van der Waals surface area (Å²) in [4.78, 5) is 0. The molecule has 104 valence electrons. The molecular formula is C19H16OS. The molecule has 0 amide bonds. The van der Waals surface area contributed by atoms with Gasteiger partial charge in [-0.15, -0.1) is 0 Å². The minimum atomic E-state index is 0.579. The molecule has 0 saturated carbocycles. The first-order chi connectivity index (χ1) is 10.4. The second-order valence-electron chi connectivity index (χ2n) is 4.74. The highest BCUT2D eigenvalue weighted by molar-refractivity contribution is 7.08. The predicted molar refractivity (Wildman–Crippen MR) is 90.6 cm³/mol. The third kappa shape index (κ3) is 3.23. The van der Waals surface area contributed by atoms with Crippen molar-refractivity contribution >= 4 is 17.4 Å². The van der Waals surface area contributed by atoms with E-state index in [1.54, 1.807) is 11.3 Å². The number of thiophene rings is 1. The first kappa shape index (κ1) is 13.7. The van der Waals surface area contributed by atoms with Gasteiger partial charge in [0.2, 0.25) is 0 Å². The number of ether oxygens (including phenoxy) is 1. The van der Waals surface area contributed by atoms with Crippen molar-refractivity contribution in [2.75, 3.05) is 0 Å². The monoisotopic (exact) mass is 292 g/mol. The Balaban J connectivity index is 1.80. The van der Waals surface area contributed by atoms with E-state index < -0.39 is 0 Å². The molecule has 0 unspecified atom stereocenters. The normalized spacial score (nSPS) is 10.3. The molecule has 0 saturated heterocycles. The lowest BCUT2D eigenvalue weighted by Crippen LogP contribution is -1.95. The van der Waals surface area contributed by atoms with Crippen LogP contribution in [-0.2, 0) is 6.61 Å². The molecule has 0 aliphatic rings. The lowest BCUT2D eigenvalue weighted by molar-refractivity contribution is 0.306. The van der Waals surface area contributed by atoms with Crippen LogP contribution >= 0.6 is 11.3 Å². The van der Waals surface area contributed by atoms with E-state index in [1.807, 2.05) is 36.4 Å². The number of hydrogen-bond acceptors (Lipinski definition) is 2. The van der Waals surface area contributed by atoms with Crippen molar-refractivity contribution in [2.45, 2.75) is 6.61 Å². The quantitative estimate of drug-likeness (QED) is 0.591. The van der Waals surface area contributed by atoms with Crippen LogP contribution in [0.15, 0.2) is 71.9 Å². The SMILES string of the molecule is C=Cc1cc(OCc2ccccc2)ccc1-c1ccsc1. The molecule has 1 nitrogen and oxygen atoms in total. The minimum absolute atomic E-state index is 0.579. The van der Waals surface area contributed by atoms with Gasteiger partial charge in [-0.2, -0.15) is 11.3 Å². The van der Waals surface area contributed by atoms with Crippen molar-refractivity contribution in [3.63, 3.8) is 0 Å². The van der Waals surface area contributed by atoms with E-state index >= 15 is 0 Å². The first-order valence-corrected chi connectivity index (χ1v) is 7.77. The number of hydrogen-bond donors (Lipinski definition) is 0. The van der Waals surface area contributed by atoms with Crippen LogP contribution in [0.1, 0.15) is 11.1 Å². The summed E-state index contributed by atoms with van der Waals surface area (Å²) in [6.07, 6.45) is 1.88. The lowest BCUT2D eigenvalue weighted by atomic mass is 10.0. The molecule has 1 heterocycles. The fourth-order valence-corrected chi connectivity index (χ4v) is 2.88. The Morgan fingerprint density at radius 3 is 2.62 bits per heavy atom. The summed E-state index contributed by atoms with van der Waals surface area (Å²) in [7, 11) is 0. The van der Waals surface area contributed by atoms with Crippen LogP contribution < -0.4 is 4.74 Å². The van der Waals surface area contributed by atoms with E-state index in [4.69, 9.17) is 4.74 Å². The Morgan fingerprint density at radius 1 is 1.05 bits per heavy atom. The van der Waals surface area contributed by atoms with Gasteiger partial charge in [0.05, 0.1) is 0 Å². The summed E-state index contributed by atoms with van der Waals surface area (Å²) in [5.74, 6) is 0.868. The molecule has 2 aromatic carbocycles. The third-order valence-corrected chi connectivity index (χ3v) is 4.01. The van der Waals surface area contributed by atoms with E-state index in [-0.39, 0.29) is 0 Å². The van der Waals surface area contributed by atoms with Gasteiger partial charge >= 0.3 is 0 Å². The molecule has 0 bridgehead atoms. The van der Waals surface area contributed by atoms with Crippen LogP contribution in [0.3, 0.4) is 0 Å². The van der Waals surface area contributed by atoms with Gasteiger partial charge in [-0.3, -0.25) is 0 Å². The molecule has 0 fully saturated rings. The van der Waals surface area contributed by atoms with Crippen molar-refractivity contribution in [1.82, 2.24) is 0 Å². The van der Waals surface area contributed by atoms with Crippen LogP contribution in [0.5, 0.6) is 5.75 Å². The molecule has 2 heteroatoms. The maximum atomic E-state index is 5.86. The highest BCUT2D eigenvalue weighted by Crippen LogP contribution is 2.30. The van der Waals surface area contributed by atoms with Crippen LogP contribution in [-0.4, -0.2) is 0 Å². The van der Waals surface area contributed by atoms with Gasteiger partial charge in [-0.25, -0.2) is 0 Å². The zero-order valence-corrected chi connectivity index (χ0v) is 12.5. The highest BCUT2D eigenvalue weighted by Gasteiger charge is 2.05. The first-order valence-electron chi connectivity index (χ1n) is 6.82. The van der Waals surface area contributed by atoms with Crippen LogP contribution in [0.2, 0.25) is 0 Å². The van der Waals surface area contributed by atoms with Crippen LogP contribution in [0.4, 0.5) is 0 Å². The largest absolute Gasteiger partial charge is 0.489 e. The molecule has 21 heavy (non-hydrogen) atoms. The molecule has 3 rings (SSSR count). The van der Waals surface area contributed by atoms with Crippen molar-refractivity contribution < 1.29 is 4.74 Å². The van der Waals surface area contributed by atoms with Crippen LogP contribution in [0.25, 0.3) is 17.2 Å². The second-order valence-corrected chi connectivity index (χ2v) is 5.52. The zero-order valence-electron chi connectivity index (χ0n) is 11.7. The maximum Gasteiger partial charge on any atom is 0.120 e. The average Bonchev–Trinajstić information content (AvgIpc) is 3.08. The molecule has 3 aromatic rings. The summed E-state index contributed by atoms with van der Waals surface area (Å²) in [6, 6.07) is 18.5. The standard InChI is InChI=1S/C19H16OS/c1-2-16-12-18(20-13-15-6-4-3-5-7-15)8-9-19(16)17-10-11-21-14-17/h2-12,14H,1,13H2. The Bertz CT molecular complexity index is 715. The van der Waals surface area contributed by atoms with Gasteiger partial charge in [0, 0.05) is 0 Å². The summed E-state index contributed by atoms with van der Waals surface area (Å²) < 4.78 is 5.86. The Kier molecular flexibility index (Phi) is 4.17. The lowest BCUT2D eigenvalue weighted by Gasteiger charge is -2.10. The fourth-order valence-electron chi connectivity index (χ4n) is 2.22. The smallest absolute Gasteiger partial charge is 0.120 e. The Hall–Kier alpha value is -2.32. The van der Waals surface area contributed by atoms with Crippen molar-refractivity contribution in [3.8, 4) is 16.9 Å². The summed E-state index contributed by atoms with van der Waals surface area (Å²) in [6.45, 7) is 4.49. The zero-order chi connectivity index (χ0) is 14.5. The molecule has 0 aliphatic carbocycles. The maximum absolute atomic E-state index is 5.86. The van der Waals surface area contributed by atoms with E-state index in [2.05, 4.69) is 41.6 Å². The minimum Gasteiger partial charge on any atom is -0.489 e. The van der Waals surface area contributed by atoms with Crippen molar-refractivity contribution in [2.24, 2.45) is 0 Å². The third-order valence-electron chi connectivity index (χ3n) is 3.32. The molecule has 0 atom stereocenters. The molecule has 0 spiro atoms. The van der Waals surface area contributed by atoms with Crippen molar-refractivity contribution in [1.29, 1.82) is 0 Å². The second kappa shape index (κ2) is 6.42. The van der Waals surface area contributed by atoms with Gasteiger partial charge < -0.3 is 4.74 Å². The van der Waals surface area contributed by atoms with Gasteiger partial charge in [-0.05, 0) is 51.2 Å². The molecular weight excluding hydrogens is 276 g/mol. The van der Waals surface area contributed by atoms with E-state index in [9.17, 15) is 0 Å². The Morgan fingerprint density at radius 2 is 1.90 bits per heavy atom. The highest BCUT2D eigenvalue weighted by atomic mass is 32.1. The fraction of sp³-hybridized carbons (Fsp3) is 0.0526. The number of benzene rings is 2. The predicted octanol–water partition coefficient (Wildman–Crippen LogP) is 5.64.